The van der Waals surface area contributed by atoms with E-state index in [0.29, 0.717) is 11.3 Å². The van der Waals surface area contributed by atoms with Gasteiger partial charge >= 0.3 is 5.97 Å². The number of benzene rings is 2. The van der Waals surface area contributed by atoms with E-state index in [2.05, 4.69) is 0 Å². The highest BCUT2D eigenvalue weighted by molar-refractivity contribution is 5.89. The number of methoxy groups -OCH3 is 1. The predicted octanol–water partition coefficient (Wildman–Crippen LogP) is 3.56. The molecule has 2 aromatic rings. The minimum atomic E-state index is -0.561. The summed E-state index contributed by atoms with van der Waals surface area (Å²) in [4.78, 5) is 21.7. The SMILES string of the molecule is COc1cc(/C=C/[N+](=O)[O-])ccc1OC(=O)/C=C/c1ccccc1. The van der Waals surface area contributed by atoms with Crippen LogP contribution in [0.4, 0.5) is 0 Å². The molecule has 2 rings (SSSR count). The first-order valence-electron chi connectivity index (χ1n) is 7.03. The molecule has 0 bridgehead atoms. The minimum Gasteiger partial charge on any atom is -0.493 e. The lowest BCUT2D eigenvalue weighted by molar-refractivity contribution is -0.400. The zero-order valence-electron chi connectivity index (χ0n) is 12.9. The van der Waals surface area contributed by atoms with Gasteiger partial charge in [0.2, 0.25) is 6.20 Å². The number of esters is 1. The van der Waals surface area contributed by atoms with Crippen molar-refractivity contribution in [3.05, 3.63) is 82.0 Å². The maximum atomic E-state index is 11.9. The van der Waals surface area contributed by atoms with Gasteiger partial charge in [-0.2, -0.15) is 0 Å². The summed E-state index contributed by atoms with van der Waals surface area (Å²) in [5, 5.41) is 10.3. The van der Waals surface area contributed by atoms with Crippen molar-refractivity contribution in [2.45, 2.75) is 0 Å². The Kier molecular flexibility index (Phi) is 5.85. The van der Waals surface area contributed by atoms with Gasteiger partial charge in [-0.15, -0.1) is 0 Å². The van der Waals surface area contributed by atoms with E-state index in [1.807, 2.05) is 30.3 Å². The Balaban J connectivity index is 2.09. The van der Waals surface area contributed by atoms with Crippen LogP contribution in [0.25, 0.3) is 12.2 Å². The topological polar surface area (TPSA) is 78.7 Å². The standard InChI is InChI=1S/C18H15NO5/c1-23-17-13-15(11-12-19(21)22)7-9-16(17)24-18(20)10-8-14-5-3-2-4-6-14/h2-13H,1H3/b10-8+,12-11+. The molecule has 0 N–H and O–H groups in total. The molecule has 0 heterocycles. The van der Waals surface area contributed by atoms with Gasteiger partial charge in [0.15, 0.2) is 11.5 Å². The van der Waals surface area contributed by atoms with Gasteiger partial charge in [-0.05, 0) is 29.3 Å². The Bertz CT molecular complexity index is 781. The van der Waals surface area contributed by atoms with Crippen LogP contribution in [0.15, 0.2) is 60.8 Å². The summed E-state index contributed by atoms with van der Waals surface area (Å²) in [5.74, 6) is -0.00818. The van der Waals surface area contributed by atoms with Crippen molar-refractivity contribution in [2.24, 2.45) is 0 Å². The van der Waals surface area contributed by atoms with E-state index >= 15 is 0 Å². The maximum absolute atomic E-state index is 11.9. The molecule has 0 amide bonds. The van der Waals surface area contributed by atoms with Crippen LogP contribution in [0.3, 0.4) is 0 Å². The largest absolute Gasteiger partial charge is 0.493 e. The predicted molar refractivity (Wildman–Crippen MR) is 90.1 cm³/mol. The van der Waals surface area contributed by atoms with Crippen molar-refractivity contribution in [3.63, 3.8) is 0 Å². The summed E-state index contributed by atoms with van der Waals surface area (Å²) in [5.41, 5.74) is 1.44. The molecular weight excluding hydrogens is 310 g/mol. The molecule has 0 spiro atoms. The van der Waals surface area contributed by atoms with Crippen molar-refractivity contribution in [2.75, 3.05) is 7.11 Å². The number of nitro groups is 1. The molecule has 6 heteroatoms. The summed E-state index contributed by atoms with van der Waals surface area (Å²) >= 11 is 0. The fourth-order valence-electron chi connectivity index (χ4n) is 1.89. The first-order chi connectivity index (χ1) is 11.6. The number of ether oxygens (including phenoxy) is 2. The van der Waals surface area contributed by atoms with E-state index in [4.69, 9.17) is 9.47 Å². The Morgan fingerprint density at radius 1 is 1.04 bits per heavy atom. The van der Waals surface area contributed by atoms with Crippen molar-refractivity contribution in [1.82, 2.24) is 0 Å². The molecule has 24 heavy (non-hydrogen) atoms. The lowest BCUT2D eigenvalue weighted by Gasteiger charge is -2.08. The Morgan fingerprint density at radius 3 is 2.46 bits per heavy atom. The van der Waals surface area contributed by atoms with E-state index in [0.717, 1.165) is 11.8 Å². The molecule has 122 valence electrons. The van der Waals surface area contributed by atoms with Gasteiger partial charge in [-0.1, -0.05) is 36.4 Å². The Labute approximate surface area is 138 Å². The van der Waals surface area contributed by atoms with E-state index in [1.165, 1.54) is 25.3 Å². The highest BCUT2D eigenvalue weighted by Crippen LogP contribution is 2.28. The van der Waals surface area contributed by atoms with Crippen LogP contribution in [0, 0.1) is 10.1 Å². The van der Waals surface area contributed by atoms with Crippen LogP contribution in [0.2, 0.25) is 0 Å². The van der Waals surface area contributed by atoms with Crippen LogP contribution in [0.1, 0.15) is 11.1 Å². The van der Waals surface area contributed by atoms with Crippen molar-refractivity contribution < 1.29 is 19.2 Å². The van der Waals surface area contributed by atoms with Gasteiger partial charge in [0, 0.05) is 12.2 Å². The molecule has 6 nitrogen and oxygen atoms in total. The van der Waals surface area contributed by atoms with Crippen LogP contribution in [-0.4, -0.2) is 18.0 Å². The lowest BCUT2D eigenvalue weighted by atomic mass is 10.2. The fourth-order valence-corrected chi connectivity index (χ4v) is 1.89. The van der Waals surface area contributed by atoms with Gasteiger partial charge in [0.25, 0.3) is 0 Å². The normalized spacial score (nSPS) is 10.9. The Hall–Kier alpha value is -3.41. The van der Waals surface area contributed by atoms with Gasteiger partial charge in [-0.25, -0.2) is 4.79 Å². The molecule has 0 fully saturated rings. The minimum absolute atomic E-state index is 0.235. The highest BCUT2D eigenvalue weighted by atomic mass is 16.6. The third-order valence-corrected chi connectivity index (χ3v) is 3.00. The van der Waals surface area contributed by atoms with E-state index in [-0.39, 0.29) is 5.75 Å². The second-order valence-electron chi connectivity index (χ2n) is 4.68. The summed E-state index contributed by atoms with van der Waals surface area (Å²) in [6, 6.07) is 14.0. The molecule has 0 saturated carbocycles. The molecule has 0 atom stereocenters. The van der Waals surface area contributed by atoms with Crippen LogP contribution < -0.4 is 9.47 Å². The van der Waals surface area contributed by atoms with Gasteiger partial charge < -0.3 is 9.47 Å². The van der Waals surface area contributed by atoms with Crippen LogP contribution in [0.5, 0.6) is 11.5 Å². The summed E-state index contributed by atoms with van der Waals surface area (Å²) in [6.07, 6.45) is 5.10. The molecule has 0 unspecified atom stereocenters. The average Bonchev–Trinajstić information content (AvgIpc) is 2.60. The molecule has 0 aromatic heterocycles. The van der Waals surface area contributed by atoms with E-state index in [1.54, 1.807) is 18.2 Å². The van der Waals surface area contributed by atoms with E-state index in [9.17, 15) is 14.9 Å². The van der Waals surface area contributed by atoms with Crippen molar-refractivity contribution >= 4 is 18.1 Å². The quantitative estimate of drug-likeness (QED) is 0.267. The van der Waals surface area contributed by atoms with Crippen LogP contribution in [-0.2, 0) is 4.79 Å². The van der Waals surface area contributed by atoms with Crippen molar-refractivity contribution in [3.8, 4) is 11.5 Å². The summed E-state index contributed by atoms with van der Waals surface area (Å²) < 4.78 is 10.4. The summed E-state index contributed by atoms with van der Waals surface area (Å²) in [6.45, 7) is 0. The molecule has 2 aromatic carbocycles. The second kappa shape index (κ2) is 8.28. The number of hydrogen-bond acceptors (Lipinski definition) is 5. The highest BCUT2D eigenvalue weighted by Gasteiger charge is 2.08. The molecule has 0 aliphatic rings. The van der Waals surface area contributed by atoms with Crippen molar-refractivity contribution in [1.29, 1.82) is 0 Å². The van der Waals surface area contributed by atoms with E-state index < -0.39 is 10.9 Å². The number of rotatable bonds is 6. The molecule has 0 saturated heterocycles. The molecule has 0 aliphatic heterocycles. The zero-order valence-corrected chi connectivity index (χ0v) is 12.9. The first-order valence-corrected chi connectivity index (χ1v) is 7.03. The summed E-state index contributed by atoms with van der Waals surface area (Å²) in [7, 11) is 1.42. The lowest BCUT2D eigenvalue weighted by Crippen LogP contribution is -2.05. The zero-order chi connectivity index (χ0) is 17.4. The monoisotopic (exact) mass is 325 g/mol. The van der Waals surface area contributed by atoms with Gasteiger partial charge in [0.1, 0.15) is 0 Å². The van der Waals surface area contributed by atoms with Gasteiger partial charge in [0.05, 0.1) is 12.0 Å². The maximum Gasteiger partial charge on any atom is 0.336 e. The van der Waals surface area contributed by atoms with Crippen LogP contribution >= 0.6 is 0 Å². The van der Waals surface area contributed by atoms with Gasteiger partial charge in [-0.3, -0.25) is 10.1 Å². The number of nitrogens with zero attached hydrogens (tertiary/aromatic N) is 1. The first kappa shape index (κ1) is 17.0. The smallest absolute Gasteiger partial charge is 0.336 e. The molecule has 0 radical (unpaired) electrons. The number of hydrogen-bond donors (Lipinski definition) is 0. The third kappa shape index (κ3) is 5.10. The number of carbonyl (C=O) groups is 1. The Morgan fingerprint density at radius 2 is 1.79 bits per heavy atom. The number of carbonyl (C=O) groups excluding carboxylic acids is 1. The molecule has 0 aliphatic carbocycles. The third-order valence-electron chi connectivity index (χ3n) is 3.00. The fraction of sp³-hybridized carbons (Fsp3) is 0.0556. The average molecular weight is 325 g/mol. The second-order valence-corrected chi connectivity index (χ2v) is 4.68. The molecular formula is C18H15NO5.